The van der Waals surface area contributed by atoms with Crippen molar-refractivity contribution in [2.24, 2.45) is 5.84 Å². The number of hydrazine groups is 1. The second-order valence-electron chi connectivity index (χ2n) is 1.96. The molecule has 0 aliphatic carbocycles. The van der Waals surface area contributed by atoms with Gasteiger partial charge in [-0.2, -0.15) is 4.98 Å². The zero-order chi connectivity index (χ0) is 8.27. The molecule has 1 aromatic heterocycles. The van der Waals surface area contributed by atoms with Crippen molar-refractivity contribution in [1.82, 2.24) is 15.2 Å². The number of nitrogens with zero attached hydrogens (tertiary/aromatic N) is 3. The van der Waals surface area contributed by atoms with Gasteiger partial charge in [-0.1, -0.05) is 6.08 Å². The van der Waals surface area contributed by atoms with E-state index in [0.29, 0.717) is 12.5 Å². The van der Waals surface area contributed by atoms with Crippen LogP contribution in [-0.2, 0) is 0 Å². The first-order chi connectivity index (χ1) is 5.24. The highest BCUT2D eigenvalue weighted by molar-refractivity contribution is 5.32. The summed E-state index contributed by atoms with van der Waals surface area (Å²) in [5.74, 6) is 6.09. The lowest BCUT2D eigenvalue weighted by Crippen LogP contribution is -2.31. The van der Waals surface area contributed by atoms with E-state index in [1.165, 1.54) is 5.01 Å². The van der Waals surface area contributed by atoms with Gasteiger partial charge in [-0.05, 0) is 0 Å². The molecule has 11 heavy (non-hydrogen) atoms. The van der Waals surface area contributed by atoms with Crippen LogP contribution in [0.1, 0.15) is 0 Å². The summed E-state index contributed by atoms with van der Waals surface area (Å²) in [5.41, 5.74) is 5.28. The van der Waals surface area contributed by atoms with Gasteiger partial charge in [-0.15, -0.1) is 11.7 Å². The van der Waals surface area contributed by atoms with Crippen molar-refractivity contribution in [2.75, 3.05) is 17.3 Å². The van der Waals surface area contributed by atoms with Crippen LogP contribution in [0.2, 0.25) is 0 Å². The molecule has 0 spiro atoms. The summed E-state index contributed by atoms with van der Waals surface area (Å²) < 4.78 is 0. The highest BCUT2D eigenvalue weighted by atomic mass is 15.5. The van der Waals surface area contributed by atoms with E-state index in [0.717, 1.165) is 0 Å². The number of aromatic amines is 1. The van der Waals surface area contributed by atoms with Crippen LogP contribution in [0.3, 0.4) is 0 Å². The normalized spacial score (nSPS) is 9.55. The second-order valence-corrected chi connectivity index (χ2v) is 1.96. The number of nitrogen functional groups attached to an aromatic ring is 1. The molecule has 0 fully saturated rings. The Morgan fingerprint density at radius 2 is 2.45 bits per heavy atom. The third-order valence-corrected chi connectivity index (χ3v) is 1.07. The Hall–Kier alpha value is -1.56. The van der Waals surface area contributed by atoms with Gasteiger partial charge in [0.15, 0.2) is 0 Å². The van der Waals surface area contributed by atoms with E-state index >= 15 is 0 Å². The summed E-state index contributed by atoms with van der Waals surface area (Å²) in [6, 6.07) is 0. The smallest absolute Gasteiger partial charge is 0.260 e. The lowest BCUT2D eigenvalue weighted by Gasteiger charge is -2.09. The molecular weight excluding hydrogens is 144 g/mol. The number of nitrogens with two attached hydrogens (primary N) is 2. The highest BCUT2D eigenvalue weighted by Crippen LogP contribution is 2.01. The second kappa shape index (κ2) is 3.02. The van der Waals surface area contributed by atoms with E-state index in [-0.39, 0.29) is 5.95 Å². The molecule has 1 rings (SSSR count). The number of anilines is 2. The fourth-order valence-corrected chi connectivity index (χ4v) is 0.614. The molecule has 0 saturated heterocycles. The average molecular weight is 154 g/mol. The van der Waals surface area contributed by atoms with E-state index in [1.54, 1.807) is 6.08 Å². The Bertz CT molecular complexity index is 241. The van der Waals surface area contributed by atoms with Gasteiger partial charge < -0.3 is 5.73 Å². The van der Waals surface area contributed by atoms with Gasteiger partial charge in [0, 0.05) is 0 Å². The van der Waals surface area contributed by atoms with E-state index in [1.807, 2.05) is 0 Å². The number of aromatic nitrogens is 3. The van der Waals surface area contributed by atoms with Gasteiger partial charge in [0.1, 0.15) is 0 Å². The maximum atomic E-state index is 5.48. The van der Waals surface area contributed by atoms with Gasteiger partial charge in [0.2, 0.25) is 5.95 Å². The zero-order valence-corrected chi connectivity index (χ0v) is 5.99. The summed E-state index contributed by atoms with van der Waals surface area (Å²) in [4.78, 5) is 3.79. The van der Waals surface area contributed by atoms with Crippen molar-refractivity contribution in [3.63, 3.8) is 0 Å². The molecule has 6 nitrogen and oxygen atoms in total. The summed E-state index contributed by atoms with van der Waals surface area (Å²) in [6.45, 7) is 4.00. The van der Waals surface area contributed by atoms with Crippen LogP contribution in [0, 0.1) is 0 Å². The molecule has 1 heterocycles. The Balaban J connectivity index is 2.67. The molecule has 0 aliphatic rings. The molecule has 1 aromatic rings. The number of H-pyrrole nitrogens is 1. The van der Waals surface area contributed by atoms with Crippen LogP contribution in [0.5, 0.6) is 0 Å². The van der Waals surface area contributed by atoms with Crippen molar-refractivity contribution >= 4 is 11.9 Å². The summed E-state index contributed by atoms with van der Waals surface area (Å²) in [7, 11) is 0. The minimum atomic E-state index is 0.250. The number of hydrogen-bond acceptors (Lipinski definition) is 5. The first-order valence-electron chi connectivity index (χ1n) is 3.05. The monoisotopic (exact) mass is 154 g/mol. The summed E-state index contributed by atoms with van der Waals surface area (Å²) in [5, 5.41) is 7.53. The number of nitrogens with one attached hydrogen (secondary N) is 1. The van der Waals surface area contributed by atoms with Crippen molar-refractivity contribution in [2.45, 2.75) is 0 Å². The van der Waals surface area contributed by atoms with E-state index in [4.69, 9.17) is 11.6 Å². The minimum Gasteiger partial charge on any atom is -0.368 e. The van der Waals surface area contributed by atoms with Crippen LogP contribution in [0.25, 0.3) is 0 Å². The maximum absolute atomic E-state index is 5.48. The lowest BCUT2D eigenvalue weighted by molar-refractivity contribution is 0.880. The summed E-state index contributed by atoms with van der Waals surface area (Å²) in [6.07, 6.45) is 1.65. The van der Waals surface area contributed by atoms with E-state index < -0.39 is 0 Å². The standard InChI is InChI=1S/C5H10N6/c1-2-3-11(7)5-8-4(6)9-10-5/h2H,1,3,7H2,(H3,6,8,9,10). The van der Waals surface area contributed by atoms with Crippen LogP contribution in [-0.4, -0.2) is 21.7 Å². The number of hydrogen-bond donors (Lipinski definition) is 3. The number of rotatable bonds is 3. The van der Waals surface area contributed by atoms with Gasteiger partial charge >= 0.3 is 0 Å². The topological polar surface area (TPSA) is 96.8 Å². The van der Waals surface area contributed by atoms with Crippen molar-refractivity contribution in [3.8, 4) is 0 Å². The van der Waals surface area contributed by atoms with Gasteiger partial charge in [0.25, 0.3) is 5.95 Å². The predicted octanol–water partition coefficient (Wildman–Crippen LogP) is -0.747. The van der Waals surface area contributed by atoms with Crippen molar-refractivity contribution in [1.29, 1.82) is 0 Å². The molecule has 0 bridgehead atoms. The Labute approximate surface area is 63.9 Å². The molecule has 0 radical (unpaired) electrons. The largest absolute Gasteiger partial charge is 0.368 e. The molecule has 60 valence electrons. The third kappa shape index (κ3) is 1.68. The average Bonchev–Trinajstić information content (AvgIpc) is 2.36. The Morgan fingerprint density at radius 3 is 2.91 bits per heavy atom. The van der Waals surface area contributed by atoms with Gasteiger partial charge in [0.05, 0.1) is 6.54 Å². The first kappa shape index (κ1) is 7.55. The SMILES string of the molecule is C=CCN(N)c1n[nH]c(N)n1. The third-order valence-electron chi connectivity index (χ3n) is 1.07. The van der Waals surface area contributed by atoms with E-state index in [2.05, 4.69) is 21.8 Å². The minimum absolute atomic E-state index is 0.250. The first-order valence-corrected chi connectivity index (χ1v) is 3.05. The molecule has 6 heteroatoms. The zero-order valence-electron chi connectivity index (χ0n) is 5.99. The fourth-order valence-electron chi connectivity index (χ4n) is 0.614. The molecule has 0 aliphatic heterocycles. The predicted molar refractivity (Wildman–Crippen MR) is 42.5 cm³/mol. The van der Waals surface area contributed by atoms with Crippen molar-refractivity contribution in [3.05, 3.63) is 12.7 Å². The molecule has 0 unspecified atom stereocenters. The molecule has 0 saturated carbocycles. The molecule has 0 aromatic carbocycles. The van der Waals surface area contributed by atoms with Crippen molar-refractivity contribution < 1.29 is 0 Å². The quantitative estimate of drug-likeness (QED) is 0.302. The molecule has 0 amide bonds. The Kier molecular flexibility index (Phi) is 2.07. The van der Waals surface area contributed by atoms with E-state index in [9.17, 15) is 0 Å². The maximum Gasteiger partial charge on any atom is 0.260 e. The van der Waals surface area contributed by atoms with Crippen LogP contribution < -0.4 is 16.6 Å². The van der Waals surface area contributed by atoms with Crippen LogP contribution in [0.15, 0.2) is 12.7 Å². The highest BCUT2D eigenvalue weighted by Gasteiger charge is 2.03. The van der Waals surface area contributed by atoms with Crippen LogP contribution >= 0.6 is 0 Å². The molecule has 0 atom stereocenters. The molecular formula is C5H10N6. The molecule has 5 N–H and O–H groups in total. The fraction of sp³-hybridized carbons (Fsp3) is 0.200. The Morgan fingerprint density at radius 1 is 1.73 bits per heavy atom. The van der Waals surface area contributed by atoms with Gasteiger partial charge in [-0.25, -0.2) is 10.9 Å². The van der Waals surface area contributed by atoms with Crippen LogP contribution in [0.4, 0.5) is 11.9 Å². The lowest BCUT2D eigenvalue weighted by atomic mass is 10.6. The summed E-state index contributed by atoms with van der Waals surface area (Å²) >= 11 is 0. The van der Waals surface area contributed by atoms with Gasteiger partial charge in [-0.3, -0.25) is 5.01 Å².